The zero-order valence-corrected chi connectivity index (χ0v) is 49.7. The number of carbonyl (C=O) groups is 8. The lowest BCUT2D eigenvalue weighted by atomic mass is 9.85. The summed E-state index contributed by atoms with van der Waals surface area (Å²) in [5.41, 5.74) is 7.46. The molecule has 4 aliphatic rings. The van der Waals surface area contributed by atoms with Gasteiger partial charge in [0.25, 0.3) is 11.8 Å². The summed E-state index contributed by atoms with van der Waals surface area (Å²) in [5.74, 6) is -3.50. The number of aliphatic hydroxyl groups excluding tert-OH is 1. The van der Waals surface area contributed by atoms with Crippen LogP contribution in [0.5, 0.6) is 0 Å². The molecule has 6 amide bonds. The van der Waals surface area contributed by atoms with Gasteiger partial charge in [0.15, 0.2) is 0 Å². The monoisotopic (exact) mass is 1130 g/mol. The van der Waals surface area contributed by atoms with E-state index in [9.17, 15) is 38.4 Å². The molecule has 4 aromatic rings. The van der Waals surface area contributed by atoms with Crippen LogP contribution in [0, 0.1) is 22.7 Å². The number of benzene rings is 2. The molecule has 444 valence electrons. The van der Waals surface area contributed by atoms with Gasteiger partial charge in [-0.25, -0.2) is 10.9 Å². The van der Waals surface area contributed by atoms with E-state index in [0.29, 0.717) is 57.3 Å². The number of hydrazine groups is 2. The van der Waals surface area contributed by atoms with E-state index in [1.807, 2.05) is 110 Å². The number of carbonyl (C=O) groups excluding carboxylic acids is 8. The van der Waals surface area contributed by atoms with Crippen molar-refractivity contribution < 1.29 is 52.9 Å². The van der Waals surface area contributed by atoms with Crippen LogP contribution in [0.2, 0.25) is 0 Å². The third-order valence-electron chi connectivity index (χ3n) is 15.4. The van der Waals surface area contributed by atoms with E-state index in [2.05, 4.69) is 42.1 Å². The minimum atomic E-state index is -0.943. The molecule has 4 aliphatic heterocycles. The van der Waals surface area contributed by atoms with Crippen molar-refractivity contribution in [3.8, 4) is 0 Å². The lowest BCUT2D eigenvalue weighted by Gasteiger charge is -2.35. The molecular formula is C61H84N10O11. The largest absolute Gasteiger partial charge is 0.457 e. The van der Waals surface area contributed by atoms with Gasteiger partial charge in [-0.15, -0.1) is 0 Å². The maximum absolute atomic E-state index is 13.3. The van der Waals surface area contributed by atoms with E-state index in [-0.39, 0.29) is 35.5 Å². The second-order valence-corrected chi connectivity index (χ2v) is 23.6. The van der Waals surface area contributed by atoms with Crippen LogP contribution in [-0.4, -0.2) is 129 Å². The third kappa shape index (κ3) is 16.0. The minimum absolute atomic E-state index is 0.200. The van der Waals surface area contributed by atoms with Gasteiger partial charge < -0.3 is 35.8 Å². The summed E-state index contributed by atoms with van der Waals surface area (Å²) >= 11 is 0. The number of pyridine rings is 2. The number of hydrogen-bond donors (Lipinski definition) is 7. The van der Waals surface area contributed by atoms with Crippen molar-refractivity contribution in [1.82, 2.24) is 52.1 Å². The van der Waals surface area contributed by atoms with Crippen LogP contribution in [0.15, 0.2) is 67.0 Å². The fourth-order valence-electron chi connectivity index (χ4n) is 9.85. The Morgan fingerprint density at radius 2 is 1.04 bits per heavy atom. The Hall–Kier alpha value is -7.36. The summed E-state index contributed by atoms with van der Waals surface area (Å²) in [6, 6.07) is 10.8. The Morgan fingerprint density at radius 1 is 0.585 bits per heavy atom. The normalized spacial score (nSPS) is 26.4. The van der Waals surface area contributed by atoms with Gasteiger partial charge in [-0.1, -0.05) is 71.9 Å². The van der Waals surface area contributed by atoms with Crippen molar-refractivity contribution in [3.05, 3.63) is 89.5 Å². The van der Waals surface area contributed by atoms with Gasteiger partial charge in [-0.3, -0.25) is 58.3 Å². The Kier molecular flexibility index (Phi) is 21.5. The maximum Gasteiger partial charge on any atom is 0.325 e. The van der Waals surface area contributed by atoms with Crippen LogP contribution in [0.1, 0.15) is 150 Å². The molecule has 0 spiro atoms. The van der Waals surface area contributed by atoms with E-state index in [1.165, 1.54) is 10.0 Å². The van der Waals surface area contributed by atoms with E-state index in [4.69, 9.17) is 14.6 Å². The number of aryl methyl sites for hydroxylation is 1. The molecule has 2 saturated heterocycles. The van der Waals surface area contributed by atoms with Gasteiger partial charge >= 0.3 is 11.9 Å². The summed E-state index contributed by atoms with van der Waals surface area (Å²) < 4.78 is 11.6. The van der Waals surface area contributed by atoms with E-state index >= 15 is 0 Å². The molecule has 10 bridgehead atoms. The first kappa shape index (κ1) is 63.8. The molecule has 0 unspecified atom stereocenters. The lowest BCUT2D eigenvalue weighted by molar-refractivity contribution is -0.158. The van der Waals surface area contributed by atoms with E-state index in [1.54, 1.807) is 46.0 Å². The first-order chi connectivity index (χ1) is 38.7. The van der Waals surface area contributed by atoms with Crippen LogP contribution < -0.4 is 32.1 Å². The van der Waals surface area contributed by atoms with Crippen LogP contribution in [0.3, 0.4) is 0 Å². The Bertz CT molecular complexity index is 3030. The van der Waals surface area contributed by atoms with Gasteiger partial charge in [0.2, 0.25) is 23.6 Å². The average molecular weight is 1130 g/mol. The smallest absolute Gasteiger partial charge is 0.325 e. The molecule has 21 heteroatoms. The quantitative estimate of drug-likeness (QED) is 0.120. The molecule has 2 fully saturated rings. The molecule has 8 atom stereocenters. The number of aromatic nitrogens is 2. The number of nitrogens with one attached hydrogen (secondary N) is 6. The van der Waals surface area contributed by atoms with Crippen molar-refractivity contribution in [2.75, 3.05) is 20.2 Å². The second-order valence-electron chi connectivity index (χ2n) is 23.6. The zero-order valence-electron chi connectivity index (χ0n) is 49.7. The number of hydrogen-bond acceptors (Lipinski definition) is 15. The van der Waals surface area contributed by atoms with Gasteiger partial charge in [-0.05, 0) is 144 Å². The number of ether oxygens (including phenoxy) is 2. The van der Waals surface area contributed by atoms with Crippen molar-refractivity contribution in [1.29, 1.82) is 0 Å². The Labute approximate surface area is 480 Å². The molecule has 21 nitrogen and oxygen atoms in total. The molecule has 7 N–H and O–H groups in total. The highest BCUT2D eigenvalue weighted by molar-refractivity contribution is 5.95. The minimum Gasteiger partial charge on any atom is -0.457 e. The lowest BCUT2D eigenvalue weighted by Crippen LogP contribution is -2.61. The highest BCUT2D eigenvalue weighted by atomic mass is 16.5. The number of fused-ring (bicyclic) bond motifs is 8. The fraction of sp³-hybridized carbons (Fsp3) is 0.541. The molecule has 0 radical (unpaired) electrons. The molecule has 2 aromatic carbocycles. The average Bonchev–Trinajstić information content (AvgIpc) is 3.67. The van der Waals surface area contributed by atoms with Crippen LogP contribution in [0.25, 0.3) is 27.6 Å². The van der Waals surface area contributed by atoms with Crippen molar-refractivity contribution in [3.63, 3.8) is 0 Å². The topological polar surface area (TPSA) is 280 Å². The number of esters is 2. The molecule has 0 aliphatic carbocycles. The maximum atomic E-state index is 13.3. The van der Waals surface area contributed by atoms with Crippen LogP contribution >= 0.6 is 0 Å². The Morgan fingerprint density at radius 3 is 1.51 bits per heavy atom. The van der Waals surface area contributed by atoms with Gasteiger partial charge in [-0.2, -0.15) is 0 Å². The van der Waals surface area contributed by atoms with Gasteiger partial charge in [0.05, 0.1) is 11.1 Å². The molecular weight excluding hydrogens is 1050 g/mol. The van der Waals surface area contributed by atoms with Gasteiger partial charge in [0, 0.05) is 54.5 Å². The molecule has 0 saturated carbocycles. The second kappa shape index (κ2) is 27.6. The van der Waals surface area contributed by atoms with Crippen molar-refractivity contribution in [2.45, 2.75) is 170 Å². The summed E-state index contributed by atoms with van der Waals surface area (Å²) in [5, 5.41) is 24.8. The predicted octanol–water partition coefficient (Wildman–Crippen LogP) is 5.59. The third-order valence-corrected chi connectivity index (χ3v) is 15.4. The SMILES string of the molecule is CC(C)[C@@H]1NC(=O)C(C)(C)/C=C/c2cc3cc(ccc3cn2)[C@@H](C)OC(=O)[C@@H]2CCCN(N2)C(=O)[C@H](C)NC1=O.CC(C)[C@@H]1NC(=O)C(C)(C)CCc2cc3cc(ccc3cn2)[C@@H](C)OC(=O)[C@@H]2CCCN(N2)C(=O)[C@H](C)NC1=O.CO. The van der Waals surface area contributed by atoms with Crippen molar-refractivity contribution >= 4 is 75.0 Å². The summed E-state index contributed by atoms with van der Waals surface area (Å²) in [6.45, 7) is 22.2. The van der Waals surface area contributed by atoms with E-state index in [0.717, 1.165) is 45.5 Å². The zero-order chi connectivity index (χ0) is 60.4. The number of nitrogens with zero attached hydrogens (tertiary/aromatic N) is 4. The number of cyclic esters (lactones) is 2. The fourth-order valence-corrected chi connectivity index (χ4v) is 9.85. The van der Waals surface area contributed by atoms with Crippen LogP contribution in [-0.2, 0) is 54.3 Å². The highest BCUT2D eigenvalue weighted by Gasteiger charge is 2.38. The first-order valence-corrected chi connectivity index (χ1v) is 28.4. The van der Waals surface area contributed by atoms with Gasteiger partial charge in [0.1, 0.15) is 48.5 Å². The number of amides is 6. The summed E-state index contributed by atoms with van der Waals surface area (Å²) in [6.07, 6.45) is 9.45. The number of aliphatic hydroxyl groups is 1. The number of rotatable bonds is 2. The molecule has 2 aromatic heterocycles. The van der Waals surface area contributed by atoms with E-state index < -0.39 is 83.0 Å². The molecule has 6 heterocycles. The first-order valence-electron chi connectivity index (χ1n) is 28.4. The molecule has 8 rings (SSSR count). The predicted molar refractivity (Wildman–Crippen MR) is 310 cm³/mol. The highest BCUT2D eigenvalue weighted by Crippen LogP contribution is 2.29. The Balaban J connectivity index is 0.000000256. The van der Waals surface area contributed by atoms with Crippen molar-refractivity contribution in [2.24, 2.45) is 22.7 Å². The molecule has 82 heavy (non-hydrogen) atoms. The van der Waals surface area contributed by atoms with Crippen LogP contribution in [0.4, 0.5) is 0 Å². The summed E-state index contributed by atoms with van der Waals surface area (Å²) in [7, 11) is 1.00. The summed E-state index contributed by atoms with van der Waals surface area (Å²) in [4.78, 5) is 115. The standard InChI is InChI=1S/C30H41N5O5.C30H39N5O5.CH4O/c2*1-17(2)25-26(36)32-18(3)27(37)35-13-7-8-24(34-35)28(38)40-19(4)20-9-10-21-16-31-23(15-22(21)14-20)11-12-30(5,6)29(39)33-25;1-2/h9-10,14-19,24-25,34H,7-8,11-13H2,1-6H3,(H,32,36)(H,33,39);9-12,14-19,24-25,34H,7-8,13H2,1-6H3,(H,32,36)(H,33,39);2H,1H3/b;12-11+;/t2*18-,19+,24-,25-;/m00./s1.